The molecule has 1 aromatic heterocycles. The first-order valence-electron chi connectivity index (χ1n) is 10.5. The topological polar surface area (TPSA) is 80.8 Å². The van der Waals surface area contributed by atoms with Crippen molar-refractivity contribution in [3.8, 4) is 11.6 Å². The minimum atomic E-state index is -0.414. The van der Waals surface area contributed by atoms with Crippen LogP contribution < -0.4 is 19.7 Å². The van der Waals surface area contributed by atoms with Crippen LogP contribution in [0, 0.1) is 5.92 Å². The normalized spacial score (nSPS) is 15.5. The van der Waals surface area contributed by atoms with E-state index in [2.05, 4.69) is 10.3 Å². The van der Waals surface area contributed by atoms with Crippen LogP contribution in [0.4, 0.5) is 5.69 Å². The molecule has 1 aliphatic rings. The molecule has 1 saturated heterocycles. The fourth-order valence-corrected chi connectivity index (χ4v) is 3.67. The van der Waals surface area contributed by atoms with Gasteiger partial charge >= 0.3 is 0 Å². The summed E-state index contributed by atoms with van der Waals surface area (Å²) in [6, 6.07) is 20.8. The molecule has 0 spiro atoms. The van der Waals surface area contributed by atoms with E-state index in [4.69, 9.17) is 9.47 Å². The lowest BCUT2D eigenvalue weighted by molar-refractivity contribution is -0.126. The molecule has 1 unspecified atom stereocenters. The summed E-state index contributed by atoms with van der Waals surface area (Å²) in [7, 11) is 1.57. The van der Waals surface area contributed by atoms with Crippen molar-refractivity contribution in [2.75, 3.05) is 18.6 Å². The summed E-state index contributed by atoms with van der Waals surface area (Å²) >= 11 is 0. The van der Waals surface area contributed by atoms with Gasteiger partial charge in [0.15, 0.2) is 0 Å². The second kappa shape index (κ2) is 9.96. The molecule has 1 aliphatic heterocycles. The van der Waals surface area contributed by atoms with Gasteiger partial charge in [0.25, 0.3) is 0 Å². The predicted molar refractivity (Wildman–Crippen MR) is 120 cm³/mol. The van der Waals surface area contributed by atoms with Gasteiger partial charge in [-0.1, -0.05) is 42.5 Å². The summed E-state index contributed by atoms with van der Waals surface area (Å²) in [6.07, 6.45) is 1.83. The quantitative estimate of drug-likeness (QED) is 0.592. The highest BCUT2D eigenvalue weighted by Crippen LogP contribution is 2.32. The van der Waals surface area contributed by atoms with Crippen LogP contribution in [0.5, 0.6) is 11.6 Å². The molecule has 32 heavy (non-hydrogen) atoms. The van der Waals surface area contributed by atoms with E-state index in [0.717, 1.165) is 11.1 Å². The first-order chi connectivity index (χ1) is 15.6. The van der Waals surface area contributed by atoms with Gasteiger partial charge in [-0.15, -0.1) is 0 Å². The van der Waals surface area contributed by atoms with Gasteiger partial charge in [-0.2, -0.15) is 0 Å². The van der Waals surface area contributed by atoms with Crippen molar-refractivity contribution in [2.45, 2.75) is 19.6 Å². The number of rotatable bonds is 8. The molecule has 0 aliphatic carbocycles. The molecule has 1 atom stereocenters. The van der Waals surface area contributed by atoms with Gasteiger partial charge in [-0.3, -0.25) is 9.59 Å². The van der Waals surface area contributed by atoms with Crippen molar-refractivity contribution in [2.24, 2.45) is 5.92 Å². The molecular weight excluding hydrogens is 406 g/mol. The van der Waals surface area contributed by atoms with Gasteiger partial charge in [0, 0.05) is 31.8 Å². The first kappa shape index (κ1) is 21.4. The van der Waals surface area contributed by atoms with Crippen molar-refractivity contribution >= 4 is 17.5 Å². The summed E-state index contributed by atoms with van der Waals surface area (Å²) in [6.45, 7) is 1.09. The number of anilines is 1. The molecule has 4 rings (SSSR count). The predicted octanol–water partition coefficient (Wildman–Crippen LogP) is 3.34. The van der Waals surface area contributed by atoms with E-state index in [1.807, 2.05) is 60.7 Å². The Morgan fingerprint density at radius 1 is 1.09 bits per heavy atom. The van der Waals surface area contributed by atoms with Gasteiger partial charge < -0.3 is 19.7 Å². The van der Waals surface area contributed by atoms with Gasteiger partial charge in [-0.05, 0) is 29.3 Å². The zero-order chi connectivity index (χ0) is 22.3. The van der Waals surface area contributed by atoms with Crippen LogP contribution in [0.3, 0.4) is 0 Å². The highest BCUT2D eigenvalue weighted by Gasteiger charge is 2.36. The molecule has 2 heterocycles. The average Bonchev–Trinajstić information content (AvgIpc) is 3.23. The highest BCUT2D eigenvalue weighted by molar-refractivity contribution is 6.01. The van der Waals surface area contributed by atoms with Crippen molar-refractivity contribution in [3.63, 3.8) is 0 Å². The Morgan fingerprint density at radius 2 is 1.88 bits per heavy atom. The lowest BCUT2D eigenvalue weighted by Gasteiger charge is -2.19. The number of methoxy groups -OCH3 is 1. The second-order valence-corrected chi connectivity index (χ2v) is 7.57. The number of nitrogens with one attached hydrogen (secondary N) is 1. The van der Waals surface area contributed by atoms with E-state index >= 15 is 0 Å². The zero-order valence-corrected chi connectivity index (χ0v) is 17.9. The van der Waals surface area contributed by atoms with E-state index < -0.39 is 5.92 Å². The number of hydrogen-bond donors (Lipinski definition) is 1. The molecule has 0 radical (unpaired) electrons. The number of pyridine rings is 1. The molecule has 2 aromatic carbocycles. The van der Waals surface area contributed by atoms with Gasteiger partial charge in [-0.25, -0.2) is 4.98 Å². The summed E-state index contributed by atoms with van der Waals surface area (Å²) in [5.41, 5.74) is 2.62. The van der Waals surface area contributed by atoms with Crippen LogP contribution >= 0.6 is 0 Å². The van der Waals surface area contributed by atoms with Gasteiger partial charge in [0.2, 0.25) is 17.7 Å². The third-order valence-corrected chi connectivity index (χ3v) is 5.37. The number of hydrogen-bond acceptors (Lipinski definition) is 5. The number of para-hydroxylation sites is 2. The SMILES string of the molecule is COc1ccccc1N1CC(C(=O)NCc2ccnc(OCc3ccccc3)c2)CC1=O. The molecule has 7 nitrogen and oxygen atoms in total. The molecule has 1 N–H and O–H groups in total. The Balaban J connectivity index is 1.32. The molecule has 1 fully saturated rings. The fraction of sp³-hybridized carbons (Fsp3) is 0.240. The lowest BCUT2D eigenvalue weighted by atomic mass is 10.1. The Hall–Kier alpha value is -3.87. The van der Waals surface area contributed by atoms with Crippen LogP contribution in [-0.4, -0.2) is 30.5 Å². The third-order valence-electron chi connectivity index (χ3n) is 5.37. The second-order valence-electron chi connectivity index (χ2n) is 7.57. The highest BCUT2D eigenvalue weighted by atomic mass is 16.5. The maximum Gasteiger partial charge on any atom is 0.227 e. The number of amides is 2. The molecule has 7 heteroatoms. The monoisotopic (exact) mass is 431 g/mol. The molecule has 164 valence electrons. The van der Waals surface area contributed by atoms with Gasteiger partial charge in [0.05, 0.1) is 18.7 Å². The molecular formula is C25H25N3O4. The minimum absolute atomic E-state index is 0.0878. The van der Waals surface area contributed by atoms with Crippen molar-refractivity contribution in [1.29, 1.82) is 0 Å². The standard InChI is InChI=1S/C25H25N3O4/c1-31-22-10-6-5-9-21(22)28-16-20(14-24(28)29)25(30)27-15-19-11-12-26-23(13-19)32-17-18-7-3-2-4-8-18/h2-13,20H,14-17H2,1H3,(H,27,30). The Morgan fingerprint density at radius 3 is 2.69 bits per heavy atom. The largest absolute Gasteiger partial charge is 0.495 e. The number of benzene rings is 2. The number of ether oxygens (including phenoxy) is 2. The fourth-order valence-electron chi connectivity index (χ4n) is 3.67. The van der Waals surface area contributed by atoms with E-state index in [0.29, 0.717) is 37.0 Å². The minimum Gasteiger partial charge on any atom is -0.495 e. The Kier molecular flexibility index (Phi) is 6.65. The lowest BCUT2D eigenvalue weighted by Crippen LogP contribution is -2.32. The number of carbonyl (C=O) groups is 2. The van der Waals surface area contributed by atoms with E-state index in [1.165, 1.54) is 0 Å². The van der Waals surface area contributed by atoms with E-state index in [9.17, 15) is 9.59 Å². The number of carbonyl (C=O) groups excluding carboxylic acids is 2. The molecule has 0 bridgehead atoms. The van der Waals surface area contributed by atoms with Crippen LogP contribution in [0.2, 0.25) is 0 Å². The van der Waals surface area contributed by atoms with Gasteiger partial charge in [0.1, 0.15) is 12.4 Å². The van der Waals surface area contributed by atoms with Crippen LogP contribution in [0.15, 0.2) is 72.9 Å². The maximum atomic E-state index is 12.7. The molecule has 2 amide bonds. The van der Waals surface area contributed by atoms with Crippen molar-refractivity contribution in [3.05, 3.63) is 84.1 Å². The third kappa shape index (κ3) is 5.06. The maximum absolute atomic E-state index is 12.7. The first-order valence-corrected chi connectivity index (χ1v) is 10.5. The van der Waals surface area contributed by atoms with Crippen molar-refractivity contribution in [1.82, 2.24) is 10.3 Å². The Bertz CT molecular complexity index is 1090. The zero-order valence-electron chi connectivity index (χ0n) is 17.9. The molecule has 0 saturated carbocycles. The number of aromatic nitrogens is 1. The van der Waals surface area contributed by atoms with Crippen LogP contribution in [0.25, 0.3) is 0 Å². The van der Waals surface area contributed by atoms with E-state index in [1.54, 1.807) is 24.3 Å². The van der Waals surface area contributed by atoms with E-state index in [-0.39, 0.29) is 18.2 Å². The van der Waals surface area contributed by atoms with Crippen molar-refractivity contribution < 1.29 is 19.1 Å². The summed E-state index contributed by atoms with van der Waals surface area (Å²) < 4.78 is 11.1. The number of nitrogens with zero attached hydrogens (tertiary/aromatic N) is 2. The summed E-state index contributed by atoms with van der Waals surface area (Å²) in [5.74, 6) is 0.457. The summed E-state index contributed by atoms with van der Waals surface area (Å²) in [4.78, 5) is 31.1. The smallest absolute Gasteiger partial charge is 0.227 e. The average molecular weight is 431 g/mol. The Labute approximate surface area is 187 Å². The van der Waals surface area contributed by atoms with Crippen LogP contribution in [-0.2, 0) is 22.7 Å². The summed E-state index contributed by atoms with van der Waals surface area (Å²) in [5, 5.41) is 2.93. The van der Waals surface area contributed by atoms with Crippen LogP contribution in [0.1, 0.15) is 17.5 Å². The molecule has 3 aromatic rings.